The SMILES string of the molecule is CC(C)(C)C1=CC2=CC(c3ccc(-c4cc(-c5ccccn5)nc(-c5ccccn5)c4)cc3)=C3C=C(C(C)(C)C)C=C4C=CC(=C1)[C@]2(C)[C@@]43C. The van der Waals surface area contributed by atoms with E-state index in [2.05, 4.69) is 144 Å². The second-order valence-electron chi connectivity index (χ2n) is 16.5. The van der Waals surface area contributed by atoms with Crippen LogP contribution in [0.5, 0.6) is 0 Å². The summed E-state index contributed by atoms with van der Waals surface area (Å²) in [5.41, 5.74) is 16.1. The average Bonchev–Trinajstić information content (AvgIpc) is 3.10. The molecule has 4 aliphatic rings. The summed E-state index contributed by atoms with van der Waals surface area (Å²) >= 11 is 0. The van der Waals surface area contributed by atoms with Crippen molar-refractivity contribution in [2.45, 2.75) is 55.4 Å². The fourth-order valence-electron chi connectivity index (χ4n) is 8.09. The number of nitrogens with zero attached hydrogens (tertiary/aromatic N) is 3. The fourth-order valence-corrected chi connectivity index (χ4v) is 8.09. The van der Waals surface area contributed by atoms with Crippen LogP contribution in [-0.2, 0) is 0 Å². The minimum absolute atomic E-state index is 0.0228. The van der Waals surface area contributed by atoms with Gasteiger partial charge in [0.2, 0.25) is 0 Å². The molecular formula is C47H45N3. The molecule has 0 N–H and O–H groups in total. The highest BCUT2D eigenvalue weighted by atomic mass is 14.8. The zero-order chi connectivity index (χ0) is 35.1. The number of pyridine rings is 3. The smallest absolute Gasteiger partial charge is 0.0900 e. The molecular weight excluding hydrogens is 607 g/mol. The van der Waals surface area contributed by atoms with Crippen LogP contribution in [0.25, 0.3) is 39.5 Å². The molecule has 0 spiro atoms. The molecule has 1 aromatic carbocycles. The first-order valence-electron chi connectivity index (χ1n) is 17.8. The third-order valence-corrected chi connectivity index (χ3v) is 11.5. The lowest BCUT2D eigenvalue weighted by molar-refractivity contribution is 0.247. The summed E-state index contributed by atoms with van der Waals surface area (Å²) in [6, 6.07) is 25.3. The Morgan fingerprint density at radius 1 is 0.480 bits per heavy atom. The van der Waals surface area contributed by atoms with Crippen LogP contribution < -0.4 is 0 Å². The standard InChI is InChI=1S/C47H45N3/c1-44(2,3)35-25-33-19-20-34-26-36(45(4,5)6)29-39-38(28-37(27-35)46(33,7)47(34,39)8)31-17-15-30(16-18-31)32-23-42(40-13-9-11-21-48-40)50-43(24-32)41-14-10-12-22-49-41/h9-29H,1-8H3/t46-,47-/m0/s1. The minimum Gasteiger partial charge on any atom is -0.255 e. The van der Waals surface area contributed by atoms with Gasteiger partial charge in [0.05, 0.1) is 22.8 Å². The van der Waals surface area contributed by atoms with Gasteiger partial charge in [-0.15, -0.1) is 0 Å². The monoisotopic (exact) mass is 651 g/mol. The second-order valence-corrected chi connectivity index (χ2v) is 16.5. The second kappa shape index (κ2) is 11.2. The molecule has 2 atom stereocenters. The molecule has 4 aromatic rings. The van der Waals surface area contributed by atoms with Crippen LogP contribution in [0.1, 0.15) is 61.0 Å². The van der Waals surface area contributed by atoms with Crippen molar-refractivity contribution in [3.05, 3.63) is 167 Å². The van der Waals surface area contributed by atoms with Gasteiger partial charge in [-0.3, -0.25) is 9.97 Å². The quantitative estimate of drug-likeness (QED) is 0.220. The van der Waals surface area contributed by atoms with Crippen molar-refractivity contribution < 1.29 is 0 Å². The Kier molecular flexibility index (Phi) is 7.17. The van der Waals surface area contributed by atoms with Crippen molar-refractivity contribution in [1.82, 2.24) is 15.0 Å². The maximum absolute atomic E-state index is 4.99. The average molecular weight is 652 g/mol. The van der Waals surface area contributed by atoms with Crippen LogP contribution >= 0.6 is 0 Å². The summed E-state index contributed by atoms with van der Waals surface area (Å²) in [5, 5.41) is 0. The molecule has 4 aliphatic carbocycles. The van der Waals surface area contributed by atoms with Crippen LogP contribution in [0.4, 0.5) is 0 Å². The molecule has 0 bridgehead atoms. The van der Waals surface area contributed by atoms with E-state index in [0.717, 1.165) is 33.9 Å². The highest BCUT2D eigenvalue weighted by Gasteiger charge is 2.58. The summed E-state index contributed by atoms with van der Waals surface area (Å²) in [7, 11) is 0. The number of rotatable bonds is 4. The van der Waals surface area contributed by atoms with Crippen LogP contribution in [0.2, 0.25) is 0 Å². The Balaban J connectivity index is 1.30. The highest BCUT2D eigenvalue weighted by Crippen LogP contribution is 2.68. The van der Waals surface area contributed by atoms with Crippen molar-refractivity contribution in [2.75, 3.05) is 0 Å². The highest BCUT2D eigenvalue weighted by molar-refractivity contribution is 5.88. The van der Waals surface area contributed by atoms with Gasteiger partial charge in [-0.1, -0.05) is 128 Å². The fraction of sp³-hybridized carbons (Fsp3) is 0.255. The summed E-state index contributed by atoms with van der Waals surface area (Å²) in [4.78, 5) is 14.2. The van der Waals surface area contributed by atoms with E-state index >= 15 is 0 Å². The maximum Gasteiger partial charge on any atom is 0.0900 e. The molecule has 0 fully saturated rings. The van der Waals surface area contributed by atoms with Gasteiger partial charge in [0.15, 0.2) is 0 Å². The van der Waals surface area contributed by atoms with E-state index in [1.807, 2.05) is 48.8 Å². The van der Waals surface area contributed by atoms with Crippen LogP contribution in [0.15, 0.2) is 161 Å². The first-order valence-corrected chi connectivity index (χ1v) is 17.8. The molecule has 0 aliphatic heterocycles. The molecule has 248 valence electrons. The van der Waals surface area contributed by atoms with Crippen molar-refractivity contribution in [3.63, 3.8) is 0 Å². The van der Waals surface area contributed by atoms with E-state index in [1.165, 1.54) is 44.6 Å². The largest absolute Gasteiger partial charge is 0.255 e. The topological polar surface area (TPSA) is 38.7 Å². The zero-order valence-corrected chi connectivity index (χ0v) is 30.5. The van der Waals surface area contributed by atoms with Crippen molar-refractivity contribution in [1.29, 1.82) is 0 Å². The van der Waals surface area contributed by atoms with Gasteiger partial charge >= 0.3 is 0 Å². The number of benzene rings is 1. The van der Waals surface area contributed by atoms with Gasteiger partial charge in [-0.25, -0.2) is 4.98 Å². The summed E-state index contributed by atoms with van der Waals surface area (Å²) in [6.45, 7) is 18.9. The van der Waals surface area contributed by atoms with Crippen molar-refractivity contribution >= 4 is 5.57 Å². The van der Waals surface area contributed by atoms with Gasteiger partial charge in [-0.05, 0) is 109 Å². The third-order valence-electron chi connectivity index (χ3n) is 11.5. The van der Waals surface area contributed by atoms with Gasteiger partial charge < -0.3 is 0 Å². The first kappa shape index (κ1) is 32.1. The Hall–Kier alpha value is -5.15. The first-order chi connectivity index (χ1) is 23.8. The Labute approximate surface area is 297 Å². The molecule has 0 amide bonds. The van der Waals surface area contributed by atoms with Crippen LogP contribution in [-0.4, -0.2) is 15.0 Å². The van der Waals surface area contributed by atoms with E-state index in [-0.39, 0.29) is 21.7 Å². The van der Waals surface area contributed by atoms with Crippen molar-refractivity contribution in [3.8, 4) is 33.9 Å². The predicted octanol–water partition coefficient (Wildman–Crippen LogP) is 12.0. The summed E-state index contributed by atoms with van der Waals surface area (Å²) in [6.07, 6.45) is 20.8. The van der Waals surface area contributed by atoms with Gasteiger partial charge in [0.25, 0.3) is 0 Å². The van der Waals surface area contributed by atoms with E-state index in [1.54, 1.807) is 0 Å². The van der Waals surface area contributed by atoms with Crippen LogP contribution in [0.3, 0.4) is 0 Å². The Morgan fingerprint density at radius 2 is 1.00 bits per heavy atom. The lowest BCUT2D eigenvalue weighted by Crippen LogP contribution is -2.48. The Morgan fingerprint density at radius 3 is 1.52 bits per heavy atom. The molecule has 3 aromatic heterocycles. The molecule has 50 heavy (non-hydrogen) atoms. The lowest BCUT2D eigenvalue weighted by Gasteiger charge is -2.58. The van der Waals surface area contributed by atoms with E-state index in [0.29, 0.717) is 0 Å². The summed E-state index contributed by atoms with van der Waals surface area (Å²) < 4.78 is 0. The molecule has 3 heteroatoms. The van der Waals surface area contributed by atoms with Gasteiger partial charge in [0, 0.05) is 23.2 Å². The zero-order valence-electron chi connectivity index (χ0n) is 30.5. The molecule has 0 saturated heterocycles. The van der Waals surface area contributed by atoms with E-state index < -0.39 is 0 Å². The van der Waals surface area contributed by atoms with Gasteiger partial charge in [0.1, 0.15) is 0 Å². The number of aromatic nitrogens is 3. The third kappa shape index (κ3) is 4.97. The molecule has 0 radical (unpaired) electrons. The Bertz CT molecular complexity index is 2200. The molecule has 3 heterocycles. The predicted molar refractivity (Wildman–Crippen MR) is 208 cm³/mol. The summed E-state index contributed by atoms with van der Waals surface area (Å²) in [5.74, 6) is 0. The van der Waals surface area contributed by atoms with Crippen molar-refractivity contribution in [2.24, 2.45) is 21.7 Å². The minimum atomic E-state index is -0.208. The molecule has 3 nitrogen and oxygen atoms in total. The van der Waals surface area contributed by atoms with E-state index in [4.69, 9.17) is 4.98 Å². The molecule has 0 unspecified atom stereocenters. The normalized spacial score (nSPS) is 22.6. The van der Waals surface area contributed by atoms with Crippen LogP contribution in [0, 0.1) is 21.7 Å². The number of hydrogen-bond acceptors (Lipinski definition) is 3. The number of allylic oxidation sites excluding steroid dienone is 14. The van der Waals surface area contributed by atoms with Gasteiger partial charge in [-0.2, -0.15) is 0 Å². The lowest BCUT2D eigenvalue weighted by atomic mass is 9.44. The van der Waals surface area contributed by atoms with E-state index in [9.17, 15) is 0 Å². The number of hydrogen-bond donors (Lipinski definition) is 0. The molecule has 0 saturated carbocycles. The maximum atomic E-state index is 4.99. The molecule has 8 rings (SSSR count).